The molecule has 6 heteroatoms. The molecule has 0 saturated heterocycles. The van der Waals surface area contributed by atoms with Gasteiger partial charge in [-0.05, 0) is 43.7 Å². The van der Waals surface area contributed by atoms with Crippen molar-refractivity contribution in [2.45, 2.75) is 20.4 Å². The van der Waals surface area contributed by atoms with E-state index in [1.54, 1.807) is 12.1 Å². The zero-order chi connectivity index (χ0) is 17.4. The first-order chi connectivity index (χ1) is 11.6. The van der Waals surface area contributed by atoms with Gasteiger partial charge in [0.05, 0.1) is 25.4 Å². The molecule has 128 valence electrons. The molecule has 0 aliphatic heterocycles. The van der Waals surface area contributed by atoms with Crippen molar-refractivity contribution < 1.29 is 13.9 Å². The van der Waals surface area contributed by atoms with E-state index in [0.29, 0.717) is 31.2 Å². The molecule has 0 spiro atoms. The summed E-state index contributed by atoms with van der Waals surface area (Å²) in [4.78, 5) is 4.26. The molecule has 0 bridgehead atoms. The summed E-state index contributed by atoms with van der Waals surface area (Å²) in [6, 6.07) is 11.6. The van der Waals surface area contributed by atoms with Gasteiger partial charge in [-0.2, -0.15) is 0 Å². The van der Waals surface area contributed by atoms with E-state index in [-0.39, 0.29) is 11.8 Å². The highest BCUT2D eigenvalue weighted by molar-refractivity contribution is 5.94. The fraction of sp³-hybridized carbons (Fsp3) is 0.278. The summed E-state index contributed by atoms with van der Waals surface area (Å²) in [5.41, 5.74) is 7.49. The van der Waals surface area contributed by atoms with Gasteiger partial charge in [0.25, 0.3) is 0 Å². The summed E-state index contributed by atoms with van der Waals surface area (Å²) in [5, 5.41) is 3.02. The van der Waals surface area contributed by atoms with Crippen LogP contribution >= 0.6 is 0 Å². The topological polar surface area (TPSA) is 68.9 Å². The van der Waals surface area contributed by atoms with Crippen molar-refractivity contribution in [1.82, 2.24) is 0 Å². The van der Waals surface area contributed by atoms with Crippen molar-refractivity contribution >= 4 is 11.6 Å². The van der Waals surface area contributed by atoms with Crippen LogP contribution in [0.2, 0.25) is 0 Å². The van der Waals surface area contributed by atoms with Gasteiger partial charge in [0, 0.05) is 6.07 Å². The number of guanidine groups is 1. The van der Waals surface area contributed by atoms with Crippen LogP contribution in [0.4, 0.5) is 10.1 Å². The van der Waals surface area contributed by atoms with Gasteiger partial charge in [-0.25, -0.2) is 9.38 Å². The maximum Gasteiger partial charge on any atom is 0.193 e. The number of hydrogen-bond donors (Lipinski definition) is 2. The Morgan fingerprint density at radius 1 is 1.08 bits per heavy atom. The van der Waals surface area contributed by atoms with Crippen molar-refractivity contribution in [3.05, 3.63) is 53.8 Å². The minimum absolute atomic E-state index is 0.244. The Hall–Kier alpha value is -2.76. The van der Waals surface area contributed by atoms with Crippen LogP contribution in [0, 0.1) is 5.82 Å². The molecule has 0 radical (unpaired) electrons. The Balaban J connectivity index is 2.10. The lowest BCUT2D eigenvalue weighted by Crippen LogP contribution is -2.23. The SMILES string of the molecule is CCOc1ccc(OCC)c(NC(N)=NCc2ccc(F)cc2)c1. The maximum atomic E-state index is 12.9. The Bertz CT molecular complexity index is 687. The lowest BCUT2D eigenvalue weighted by Gasteiger charge is -2.14. The Kier molecular flexibility index (Phi) is 6.42. The Labute approximate surface area is 141 Å². The van der Waals surface area contributed by atoms with E-state index >= 15 is 0 Å². The molecular weight excluding hydrogens is 309 g/mol. The van der Waals surface area contributed by atoms with Crippen molar-refractivity contribution in [3.8, 4) is 11.5 Å². The quantitative estimate of drug-likeness (QED) is 0.601. The standard InChI is InChI=1S/C18H22FN3O2/c1-3-23-15-9-10-17(24-4-2)16(11-15)22-18(20)21-12-13-5-7-14(19)8-6-13/h5-11H,3-4,12H2,1-2H3,(H3,20,21,22). The van der Waals surface area contributed by atoms with Gasteiger partial charge >= 0.3 is 0 Å². The zero-order valence-corrected chi connectivity index (χ0v) is 13.9. The molecule has 2 aromatic rings. The summed E-state index contributed by atoms with van der Waals surface area (Å²) in [7, 11) is 0. The van der Waals surface area contributed by atoms with Crippen LogP contribution in [0.3, 0.4) is 0 Å². The molecule has 0 aromatic heterocycles. The van der Waals surface area contributed by atoms with E-state index in [1.807, 2.05) is 32.0 Å². The van der Waals surface area contributed by atoms with E-state index in [4.69, 9.17) is 15.2 Å². The highest BCUT2D eigenvalue weighted by Crippen LogP contribution is 2.29. The summed E-state index contributed by atoms with van der Waals surface area (Å²) in [6.45, 7) is 5.29. The second-order valence-corrected chi connectivity index (χ2v) is 4.98. The Morgan fingerprint density at radius 3 is 2.46 bits per heavy atom. The number of halogens is 1. The lowest BCUT2D eigenvalue weighted by molar-refractivity contribution is 0.332. The number of nitrogens with one attached hydrogen (secondary N) is 1. The first kappa shape index (κ1) is 17.6. The van der Waals surface area contributed by atoms with E-state index in [9.17, 15) is 4.39 Å². The van der Waals surface area contributed by atoms with Gasteiger partial charge in [0.1, 0.15) is 17.3 Å². The molecule has 5 nitrogen and oxygen atoms in total. The number of aliphatic imine (C=N–C) groups is 1. The number of anilines is 1. The first-order valence-electron chi connectivity index (χ1n) is 7.83. The maximum absolute atomic E-state index is 12.9. The van der Waals surface area contributed by atoms with Crippen LogP contribution < -0.4 is 20.5 Å². The molecule has 0 heterocycles. The number of benzene rings is 2. The smallest absolute Gasteiger partial charge is 0.193 e. The highest BCUT2D eigenvalue weighted by atomic mass is 19.1. The number of nitrogens with two attached hydrogens (primary N) is 1. The van der Waals surface area contributed by atoms with Gasteiger partial charge in [0.2, 0.25) is 0 Å². The summed E-state index contributed by atoms with van der Waals surface area (Å²) in [5.74, 6) is 1.35. The molecule has 2 rings (SSSR count). The van der Waals surface area contributed by atoms with E-state index in [1.165, 1.54) is 12.1 Å². The average Bonchev–Trinajstić information content (AvgIpc) is 2.57. The van der Waals surface area contributed by atoms with Gasteiger partial charge < -0.3 is 20.5 Å². The largest absolute Gasteiger partial charge is 0.494 e. The van der Waals surface area contributed by atoms with Gasteiger partial charge in [-0.1, -0.05) is 12.1 Å². The molecule has 0 atom stereocenters. The zero-order valence-electron chi connectivity index (χ0n) is 13.9. The molecule has 3 N–H and O–H groups in total. The molecule has 24 heavy (non-hydrogen) atoms. The van der Waals surface area contributed by atoms with Gasteiger partial charge in [0.15, 0.2) is 5.96 Å². The molecule has 2 aromatic carbocycles. The third-order valence-electron chi connectivity index (χ3n) is 3.17. The van der Waals surface area contributed by atoms with Crippen LogP contribution in [0.1, 0.15) is 19.4 Å². The third-order valence-corrected chi connectivity index (χ3v) is 3.17. The molecule has 0 aliphatic rings. The number of ether oxygens (including phenoxy) is 2. The van der Waals surface area contributed by atoms with Crippen molar-refractivity contribution in [1.29, 1.82) is 0 Å². The second-order valence-electron chi connectivity index (χ2n) is 4.98. The van der Waals surface area contributed by atoms with Crippen molar-refractivity contribution in [2.75, 3.05) is 18.5 Å². The van der Waals surface area contributed by atoms with Crippen LogP contribution in [-0.4, -0.2) is 19.2 Å². The molecule has 0 saturated carbocycles. The van der Waals surface area contributed by atoms with E-state index < -0.39 is 0 Å². The van der Waals surface area contributed by atoms with E-state index in [2.05, 4.69) is 10.3 Å². The fourth-order valence-electron chi connectivity index (χ4n) is 2.09. The number of rotatable bonds is 7. The predicted molar refractivity (Wildman–Crippen MR) is 94.1 cm³/mol. The van der Waals surface area contributed by atoms with Crippen molar-refractivity contribution in [2.24, 2.45) is 10.7 Å². The summed E-state index contributed by atoms with van der Waals surface area (Å²) >= 11 is 0. The Morgan fingerprint density at radius 2 is 1.79 bits per heavy atom. The minimum atomic E-state index is -0.275. The first-order valence-corrected chi connectivity index (χ1v) is 7.83. The predicted octanol–water partition coefficient (Wildman–Crippen LogP) is 3.55. The lowest BCUT2D eigenvalue weighted by atomic mass is 10.2. The van der Waals surface area contributed by atoms with E-state index in [0.717, 1.165) is 11.3 Å². The average molecular weight is 331 g/mol. The molecule has 0 amide bonds. The van der Waals surface area contributed by atoms with Crippen LogP contribution in [0.5, 0.6) is 11.5 Å². The van der Waals surface area contributed by atoms with Crippen LogP contribution in [0.25, 0.3) is 0 Å². The third kappa shape index (κ3) is 5.15. The summed E-state index contributed by atoms with van der Waals surface area (Å²) in [6.07, 6.45) is 0. The van der Waals surface area contributed by atoms with Crippen molar-refractivity contribution in [3.63, 3.8) is 0 Å². The highest BCUT2D eigenvalue weighted by Gasteiger charge is 2.07. The molecule has 0 aliphatic carbocycles. The number of hydrogen-bond acceptors (Lipinski definition) is 3. The monoisotopic (exact) mass is 331 g/mol. The molecule has 0 fully saturated rings. The fourth-order valence-corrected chi connectivity index (χ4v) is 2.09. The number of nitrogens with zero attached hydrogens (tertiary/aromatic N) is 1. The molecular formula is C18H22FN3O2. The van der Waals surface area contributed by atoms with Gasteiger partial charge in [-0.15, -0.1) is 0 Å². The molecule has 0 unspecified atom stereocenters. The summed E-state index contributed by atoms with van der Waals surface area (Å²) < 4.78 is 24.0. The van der Waals surface area contributed by atoms with Gasteiger partial charge in [-0.3, -0.25) is 0 Å². The van der Waals surface area contributed by atoms with Crippen LogP contribution in [0.15, 0.2) is 47.5 Å². The normalized spacial score (nSPS) is 11.2. The van der Waals surface area contributed by atoms with Crippen LogP contribution in [-0.2, 0) is 6.54 Å². The second kappa shape index (κ2) is 8.76. The minimum Gasteiger partial charge on any atom is -0.494 e.